The summed E-state index contributed by atoms with van der Waals surface area (Å²) in [5, 5.41) is 4.06. The molecule has 1 amide bonds. The number of nitrogens with one attached hydrogen (secondary N) is 1. The van der Waals surface area contributed by atoms with Gasteiger partial charge in [0.15, 0.2) is 0 Å². The molecule has 9 heteroatoms. The Bertz CT molecular complexity index is 1220. The van der Waals surface area contributed by atoms with Crippen molar-refractivity contribution in [2.24, 2.45) is 5.10 Å². The number of sulfonamides is 1. The molecule has 6 nitrogen and oxygen atoms in total. The van der Waals surface area contributed by atoms with E-state index in [1.165, 1.54) is 30.3 Å². The van der Waals surface area contributed by atoms with E-state index in [0.717, 1.165) is 19.5 Å². The average molecular weight is 551 g/mol. The molecule has 0 heterocycles. The highest BCUT2D eigenvalue weighted by Crippen LogP contribution is 2.25. The Hall–Kier alpha value is -2.79. The number of nitrogens with zero attached hydrogens (tertiary/aromatic N) is 2. The number of carbonyl (C=O) groups excluding carboxylic acids is 1. The number of carbonyl (C=O) groups is 1. The van der Waals surface area contributed by atoms with Gasteiger partial charge in [-0.1, -0.05) is 42.5 Å². The lowest BCUT2D eigenvalue weighted by Crippen LogP contribution is -2.40. The minimum Gasteiger partial charge on any atom is -0.271 e. The molecular weight excluding hydrogens is 532 g/mol. The summed E-state index contributed by atoms with van der Waals surface area (Å²) in [6.45, 7) is 1.09. The van der Waals surface area contributed by atoms with Crippen LogP contribution in [0.2, 0.25) is 0 Å². The first-order chi connectivity index (χ1) is 14.8. The van der Waals surface area contributed by atoms with Gasteiger partial charge in [-0.2, -0.15) is 5.10 Å². The van der Waals surface area contributed by atoms with Gasteiger partial charge in [0.05, 0.1) is 16.3 Å². The standard InChI is InChI=1S/C22H19FIN3O3S/c1-16(17-8-7-9-18(24)14-17)25-26-22(28)15-27(21-13-6-5-12-20(21)23)31(29,30)19-10-3-2-4-11-19/h2-14H,15H2,1H3,(H,26,28)/b25-16-. The molecule has 0 unspecified atom stereocenters. The Morgan fingerprint density at radius 2 is 1.71 bits per heavy atom. The monoisotopic (exact) mass is 551 g/mol. The Kier molecular flexibility index (Phi) is 7.39. The van der Waals surface area contributed by atoms with Gasteiger partial charge >= 0.3 is 0 Å². The van der Waals surface area contributed by atoms with Gasteiger partial charge < -0.3 is 0 Å². The van der Waals surface area contributed by atoms with E-state index >= 15 is 0 Å². The summed E-state index contributed by atoms with van der Waals surface area (Å²) < 4.78 is 42.5. The summed E-state index contributed by atoms with van der Waals surface area (Å²) in [7, 11) is -4.18. The fourth-order valence-corrected chi connectivity index (χ4v) is 4.76. The third kappa shape index (κ3) is 5.67. The van der Waals surface area contributed by atoms with E-state index < -0.39 is 28.3 Å². The Morgan fingerprint density at radius 1 is 1.03 bits per heavy atom. The molecule has 0 saturated heterocycles. The zero-order valence-corrected chi connectivity index (χ0v) is 19.5. The molecule has 0 aliphatic rings. The fraction of sp³-hybridized carbons (Fsp3) is 0.0909. The third-order valence-electron chi connectivity index (χ3n) is 4.33. The maximum Gasteiger partial charge on any atom is 0.264 e. The lowest BCUT2D eigenvalue weighted by molar-refractivity contribution is -0.119. The van der Waals surface area contributed by atoms with Crippen molar-refractivity contribution < 1.29 is 17.6 Å². The summed E-state index contributed by atoms with van der Waals surface area (Å²) in [6.07, 6.45) is 0. The maximum atomic E-state index is 14.4. The number of halogens is 2. The van der Waals surface area contributed by atoms with Gasteiger partial charge in [0.1, 0.15) is 12.4 Å². The predicted octanol–water partition coefficient (Wildman–Crippen LogP) is 4.17. The van der Waals surface area contributed by atoms with Crippen LogP contribution >= 0.6 is 22.6 Å². The number of hydrogen-bond donors (Lipinski definition) is 1. The van der Waals surface area contributed by atoms with Gasteiger partial charge in [-0.25, -0.2) is 18.2 Å². The molecule has 0 aromatic heterocycles. The Balaban J connectivity index is 1.88. The molecular formula is C22H19FIN3O3S. The van der Waals surface area contributed by atoms with Crippen LogP contribution in [0.3, 0.4) is 0 Å². The molecule has 3 aromatic carbocycles. The van der Waals surface area contributed by atoms with E-state index in [1.54, 1.807) is 25.1 Å². The van der Waals surface area contributed by atoms with Crippen LogP contribution in [0.4, 0.5) is 10.1 Å². The van der Waals surface area contributed by atoms with E-state index in [0.29, 0.717) is 5.71 Å². The number of amides is 1. The number of benzene rings is 3. The first kappa shape index (κ1) is 22.9. The van der Waals surface area contributed by atoms with Gasteiger partial charge in [0.25, 0.3) is 15.9 Å². The van der Waals surface area contributed by atoms with E-state index in [-0.39, 0.29) is 10.6 Å². The first-order valence-electron chi connectivity index (χ1n) is 9.20. The predicted molar refractivity (Wildman–Crippen MR) is 127 cm³/mol. The van der Waals surface area contributed by atoms with Crippen molar-refractivity contribution >= 4 is 49.9 Å². The lowest BCUT2D eigenvalue weighted by atomic mass is 10.1. The SMILES string of the molecule is C/C(=N/NC(=O)CN(c1ccccc1F)S(=O)(=O)c1ccccc1)c1cccc(I)c1. The largest absolute Gasteiger partial charge is 0.271 e. The minimum absolute atomic E-state index is 0.0513. The first-order valence-corrected chi connectivity index (χ1v) is 11.7. The smallest absolute Gasteiger partial charge is 0.264 e. The number of rotatable bonds is 7. The van der Waals surface area contributed by atoms with E-state index in [1.807, 2.05) is 24.3 Å². The van der Waals surface area contributed by atoms with Crippen molar-refractivity contribution in [2.75, 3.05) is 10.8 Å². The van der Waals surface area contributed by atoms with E-state index in [2.05, 4.69) is 33.1 Å². The van der Waals surface area contributed by atoms with Crippen LogP contribution in [0.25, 0.3) is 0 Å². The summed E-state index contributed by atoms with van der Waals surface area (Å²) in [5.41, 5.74) is 3.51. The van der Waals surface area contributed by atoms with Gasteiger partial charge in [-0.05, 0) is 71.5 Å². The zero-order chi connectivity index (χ0) is 22.4. The molecule has 1 N–H and O–H groups in total. The maximum absolute atomic E-state index is 14.4. The number of para-hydroxylation sites is 1. The normalized spacial score (nSPS) is 11.8. The Labute approximate surface area is 194 Å². The molecule has 0 radical (unpaired) electrons. The van der Waals surface area contributed by atoms with Crippen molar-refractivity contribution in [1.29, 1.82) is 0 Å². The average Bonchev–Trinajstić information content (AvgIpc) is 2.77. The van der Waals surface area contributed by atoms with Gasteiger partial charge in [-0.3, -0.25) is 9.10 Å². The van der Waals surface area contributed by atoms with Gasteiger partial charge in [0, 0.05) is 3.57 Å². The van der Waals surface area contributed by atoms with E-state index in [9.17, 15) is 17.6 Å². The van der Waals surface area contributed by atoms with Crippen LogP contribution in [0.1, 0.15) is 12.5 Å². The van der Waals surface area contributed by atoms with Crippen LogP contribution < -0.4 is 9.73 Å². The summed E-state index contributed by atoms with van der Waals surface area (Å²) in [6, 6.07) is 20.5. The lowest BCUT2D eigenvalue weighted by Gasteiger charge is -2.24. The molecule has 0 spiro atoms. The number of anilines is 1. The van der Waals surface area contributed by atoms with Crippen molar-refractivity contribution in [3.63, 3.8) is 0 Å². The van der Waals surface area contributed by atoms with Gasteiger partial charge in [-0.15, -0.1) is 0 Å². The van der Waals surface area contributed by atoms with Crippen LogP contribution in [0.15, 0.2) is 88.9 Å². The highest BCUT2D eigenvalue weighted by Gasteiger charge is 2.29. The molecule has 3 rings (SSSR count). The third-order valence-corrected chi connectivity index (χ3v) is 6.78. The van der Waals surface area contributed by atoms with Gasteiger partial charge in [0.2, 0.25) is 0 Å². The molecule has 31 heavy (non-hydrogen) atoms. The van der Waals surface area contributed by atoms with Crippen molar-refractivity contribution in [2.45, 2.75) is 11.8 Å². The Morgan fingerprint density at radius 3 is 2.39 bits per heavy atom. The van der Waals surface area contributed by atoms with Crippen molar-refractivity contribution in [1.82, 2.24) is 5.43 Å². The zero-order valence-electron chi connectivity index (χ0n) is 16.5. The fourth-order valence-electron chi connectivity index (χ4n) is 2.76. The second-order valence-corrected chi connectivity index (χ2v) is 9.63. The molecule has 0 bridgehead atoms. The quantitative estimate of drug-likeness (QED) is 0.272. The van der Waals surface area contributed by atoms with Crippen LogP contribution in [-0.2, 0) is 14.8 Å². The van der Waals surface area contributed by atoms with Crippen LogP contribution in [0, 0.1) is 9.39 Å². The number of hydrazone groups is 1. The van der Waals surface area contributed by atoms with E-state index in [4.69, 9.17) is 0 Å². The van der Waals surface area contributed by atoms with Crippen molar-refractivity contribution in [3.05, 3.63) is 93.8 Å². The summed E-state index contributed by atoms with van der Waals surface area (Å²) in [5.74, 6) is -1.46. The van der Waals surface area contributed by atoms with Crippen molar-refractivity contribution in [3.8, 4) is 0 Å². The topological polar surface area (TPSA) is 78.8 Å². The number of hydrogen-bond acceptors (Lipinski definition) is 4. The minimum atomic E-state index is -4.18. The summed E-state index contributed by atoms with van der Waals surface area (Å²) in [4.78, 5) is 12.5. The molecule has 0 aliphatic heterocycles. The van der Waals surface area contributed by atoms with Crippen LogP contribution in [0.5, 0.6) is 0 Å². The molecule has 0 atom stereocenters. The highest BCUT2D eigenvalue weighted by molar-refractivity contribution is 14.1. The molecule has 0 aliphatic carbocycles. The highest BCUT2D eigenvalue weighted by atomic mass is 127. The molecule has 0 fully saturated rings. The molecule has 3 aromatic rings. The molecule has 160 valence electrons. The second-order valence-electron chi connectivity index (χ2n) is 6.52. The molecule has 0 saturated carbocycles. The second kappa shape index (κ2) is 10.0. The van der Waals surface area contributed by atoms with Crippen LogP contribution in [-0.4, -0.2) is 26.6 Å². The summed E-state index contributed by atoms with van der Waals surface area (Å²) >= 11 is 2.17.